The summed E-state index contributed by atoms with van der Waals surface area (Å²) >= 11 is 0. The monoisotopic (exact) mass is 270 g/mol. The molecule has 1 aliphatic heterocycles. The second kappa shape index (κ2) is 4.06. The van der Waals surface area contributed by atoms with Crippen molar-refractivity contribution in [2.24, 2.45) is 5.41 Å². The Morgan fingerprint density at radius 1 is 1.56 bits per heavy atom. The first-order valence-electron chi connectivity index (χ1n) is 6.40. The van der Waals surface area contributed by atoms with Crippen LogP contribution < -0.4 is 0 Å². The van der Waals surface area contributed by atoms with Crippen LogP contribution in [0.2, 0.25) is 0 Å². The highest BCUT2D eigenvalue weighted by molar-refractivity contribution is 7.88. The summed E-state index contributed by atoms with van der Waals surface area (Å²) in [5, 5.41) is 3.69. The van der Waals surface area contributed by atoms with Gasteiger partial charge in [-0.25, -0.2) is 8.42 Å². The van der Waals surface area contributed by atoms with Crippen molar-refractivity contribution in [2.75, 3.05) is 6.54 Å². The molecule has 0 radical (unpaired) electrons. The molecule has 5 nitrogen and oxygen atoms in total. The molecule has 18 heavy (non-hydrogen) atoms. The molecule has 1 spiro atoms. The normalized spacial score (nSPS) is 27.5. The first-order chi connectivity index (χ1) is 8.51. The van der Waals surface area contributed by atoms with Crippen LogP contribution in [0.4, 0.5) is 0 Å². The van der Waals surface area contributed by atoms with Crippen LogP contribution in [0.15, 0.2) is 16.9 Å². The van der Waals surface area contributed by atoms with E-state index in [1.165, 1.54) is 25.5 Å². The molecule has 1 saturated heterocycles. The molecular weight excluding hydrogens is 252 g/mol. The summed E-state index contributed by atoms with van der Waals surface area (Å²) in [6, 6.07) is 1.72. The fraction of sp³-hybridized carbons (Fsp3) is 0.750. The Labute approximate surface area is 107 Å². The Bertz CT molecular complexity index is 520. The Hall–Kier alpha value is -0.880. The van der Waals surface area contributed by atoms with Gasteiger partial charge >= 0.3 is 0 Å². The Morgan fingerprint density at radius 3 is 2.83 bits per heavy atom. The van der Waals surface area contributed by atoms with E-state index in [0.29, 0.717) is 12.2 Å². The summed E-state index contributed by atoms with van der Waals surface area (Å²) in [5.41, 5.74) is 0.757. The van der Waals surface area contributed by atoms with Crippen LogP contribution in [-0.4, -0.2) is 30.5 Å². The highest BCUT2D eigenvalue weighted by atomic mass is 32.2. The lowest BCUT2D eigenvalue weighted by Crippen LogP contribution is -2.38. The van der Waals surface area contributed by atoms with Gasteiger partial charge in [-0.15, -0.1) is 0 Å². The second-order valence-electron chi connectivity index (χ2n) is 5.70. The van der Waals surface area contributed by atoms with E-state index in [-0.39, 0.29) is 17.2 Å². The maximum atomic E-state index is 12.4. The van der Waals surface area contributed by atoms with Crippen LogP contribution in [0.5, 0.6) is 0 Å². The third-order valence-corrected chi connectivity index (χ3v) is 6.17. The molecule has 0 aromatic carbocycles. The van der Waals surface area contributed by atoms with Crippen molar-refractivity contribution in [3.63, 3.8) is 0 Å². The summed E-state index contributed by atoms with van der Waals surface area (Å²) in [5.74, 6) is -0.0517. The SMILES string of the molecule is CC1CC2(CCC2)CN1S(=O)(=O)Cc1ccon1. The van der Waals surface area contributed by atoms with E-state index in [1.807, 2.05) is 6.92 Å². The largest absolute Gasteiger partial charge is 0.364 e. The van der Waals surface area contributed by atoms with Gasteiger partial charge in [0.25, 0.3) is 0 Å². The lowest BCUT2D eigenvalue weighted by atomic mass is 9.68. The molecule has 3 rings (SSSR count). The van der Waals surface area contributed by atoms with Crippen molar-refractivity contribution in [1.29, 1.82) is 0 Å². The maximum absolute atomic E-state index is 12.4. The van der Waals surface area contributed by atoms with Gasteiger partial charge in [-0.2, -0.15) is 4.31 Å². The lowest BCUT2D eigenvalue weighted by Gasteiger charge is -2.38. The number of hydrogen-bond acceptors (Lipinski definition) is 4. The third-order valence-electron chi connectivity index (χ3n) is 4.30. The van der Waals surface area contributed by atoms with Gasteiger partial charge in [0.05, 0.1) is 5.69 Å². The van der Waals surface area contributed by atoms with Gasteiger partial charge in [-0.1, -0.05) is 11.6 Å². The van der Waals surface area contributed by atoms with Crippen molar-refractivity contribution >= 4 is 10.0 Å². The summed E-state index contributed by atoms with van der Waals surface area (Å²) in [4.78, 5) is 0. The second-order valence-corrected chi connectivity index (χ2v) is 7.62. The van der Waals surface area contributed by atoms with Crippen molar-refractivity contribution in [3.05, 3.63) is 18.0 Å². The van der Waals surface area contributed by atoms with E-state index in [4.69, 9.17) is 4.52 Å². The predicted molar refractivity (Wildman–Crippen MR) is 66.2 cm³/mol. The molecule has 1 saturated carbocycles. The van der Waals surface area contributed by atoms with E-state index < -0.39 is 10.0 Å². The highest BCUT2D eigenvalue weighted by Gasteiger charge is 2.49. The molecule has 2 heterocycles. The molecule has 2 fully saturated rings. The minimum absolute atomic E-state index is 0.0517. The average molecular weight is 270 g/mol. The highest BCUT2D eigenvalue weighted by Crippen LogP contribution is 2.51. The fourth-order valence-electron chi connectivity index (χ4n) is 3.27. The van der Waals surface area contributed by atoms with Crippen LogP contribution in [0, 0.1) is 5.41 Å². The molecule has 1 aromatic heterocycles. The summed E-state index contributed by atoms with van der Waals surface area (Å²) in [6.07, 6.45) is 6.00. The number of rotatable bonds is 3. The van der Waals surface area contributed by atoms with Gasteiger partial charge in [0.15, 0.2) is 0 Å². The minimum atomic E-state index is -3.27. The summed E-state index contributed by atoms with van der Waals surface area (Å²) in [7, 11) is -3.27. The topological polar surface area (TPSA) is 63.4 Å². The molecule has 100 valence electrons. The molecule has 1 aliphatic carbocycles. The van der Waals surface area contributed by atoms with E-state index >= 15 is 0 Å². The van der Waals surface area contributed by atoms with Gasteiger partial charge in [-0.05, 0) is 31.6 Å². The summed E-state index contributed by atoms with van der Waals surface area (Å²) in [6.45, 7) is 2.70. The van der Waals surface area contributed by atoms with Crippen LogP contribution in [0.25, 0.3) is 0 Å². The molecule has 1 aromatic rings. The van der Waals surface area contributed by atoms with Crippen molar-refractivity contribution in [3.8, 4) is 0 Å². The first kappa shape index (κ1) is 12.2. The van der Waals surface area contributed by atoms with E-state index in [9.17, 15) is 8.42 Å². The van der Waals surface area contributed by atoms with Gasteiger partial charge in [-0.3, -0.25) is 0 Å². The zero-order valence-corrected chi connectivity index (χ0v) is 11.3. The van der Waals surface area contributed by atoms with E-state index in [0.717, 1.165) is 6.42 Å². The molecule has 2 aliphatic rings. The van der Waals surface area contributed by atoms with Crippen LogP contribution in [0.1, 0.15) is 38.3 Å². The Kier molecular flexibility index (Phi) is 2.75. The minimum Gasteiger partial charge on any atom is -0.364 e. The maximum Gasteiger partial charge on any atom is 0.220 e. The van der Waals surface area contributed by atoms with Gasteiger partial charge in [0.1, 0.15) is 12.0 Å². The average Bonchev–Trinajstić information content (AvgIpc) is 2.83. The molecule has 0 amide bonds. The van der Waals surface area contributed by atoms with Gasteiger partial charge < -0.3 is 4.52 Å². The number of sulfonamides is 1. The molecule has 0 N–H and O–H groups in total. The fourth-order valence-corrected chi connectivity index (χ4v) is 5.05. The van der Waals surface area contributed by atoms with E-state index in [1.54, 1.807) is 10.4 Å². The van der Waals surface area contributed by atoms with Gasteiger partial charge in [0.2, 0.25) is 10.0 Å². The third kappa shape index (κ3) is 1.97. The quantitative estimate of drug-likeness (QED) is 0.839. The Balaban J connectivity index is 1.77. The van der Waals surface area contributed by atoms with Gasteiger partial charge in [0, 0.05) is 18.7 Å². The van der Waals surface area contributed by atoms with E-state index in [2.05, 4.69) is 5.16 Å². The predicted octanol–water partition coefficient (Wildman–Crippen LogP) is 1.77. The zero-order valence-electron chi connectivity index (χ0n) is 10.5. The number of aromatic nitrogens is 1. The summed E-state index contributed by atoms with van der Waals surface area (Å²) < 4.78 is 31.1. The van der Waals surface area contributed by atoms with Crippen molar-refractivity contribution in [1.82, 2.24) is 9.46 Å². The standard InChI is InChI=1S/C12H18N2O3S/c1-10-7-12(4-2-5-12)9-14(10)18(15,16)8-11-3-6-17-13-11/h3,6,10H,2,4-5,7-9H2,1H3. The number of nitrogens with zero attached hydrogens (tertiary/aromatic N) is 2. The van der Waals surface area contributed by atoms with Crippen LogP contribution in [0.3, 0.4) is 0 Å². The Morgan fingerprint density at radius 2 is 2.33 bits per heavy atom. The first-order valence-corrected chi connectivity index (χ1v) is 8.01. The van der Waals surface area contributed by atoms with Crippen LogP contribution >= 0.6 is 0 Å². The van der Waals surface area contributed by atoms with Crippen molar-refractivity contribution < 1.29 is 12.9 Å². The molecule has 1 atom stereocenters. The van der Waals surface area contributed by atoms with Crippen molar-refractivity contribution in [2.45, 2.75) is 44.4 Å². The smallest absolute Gasteiger partial charge is 0.220 e. The molecular formula is C12H18N2O3S. The molecule has 0 bridgehead atoms. The molecule has 1 unspecified atom stereocenters. The molecule has 6 heteroatoms. The number of hydrogen-bond donors (Lipinski definition) is 0. The lowest BCUT2D eigenvalue weighted by molar-refractivity contribution is 0.152. The zero-order chi connectivity index (χ0) is 12.8. The van der Waals surface area contributed by atoms with Crippen LogP contribution in [-0.2, 0) is 15.8 Å².